The molecule has 2 aliphatic heterocycles. The van der Waals surface area contributed by atoms with Crippen LogP contribution in [0.15, 0.2) is 217 Å². The molecule has 0 unspecified atom stereocenters. The van der Waals surface area contributed by atoms with Crippen LogP contribution in [0.25, 0.3) is 10.4 Å². The van der Waals surface area contributed by atoms with Crippen molar-refractivity contribution in [2.75, 3.05) is 13.2 Å². The van der Waals surface area contributed by atoms with Gasteiger partial charge in [0.2, 0.25) is 0 Å². The van der Waals surface area contributed by atoms with Gasteiger partial charge in [-0.3, -0.25) is 0 Å². The van der Waals surface area contributed by atoms with Crippen molar-refractivity contribution in [1.29, 1.82) is 0 Å². The zero-order valence-electron chi connectivity index (χ0n) is 41.3. The van der Waals surface area contributed by atoms with E-state index in [1.165, 1.54) is 0 Å². The van der Waals surface area contributed by atoms with E-state index in [0.29, 0.717) is 6.61 Å². The minimum absolute atomic E-state index is 0.108. The SMILES string of the molecule is [N-]=[N+]=N[C@H]1[C@H](OC[C@H]2O[C@@H](OCc3ccccc3)[C@H](OCc3ccccc3)[C@@H](OCc3ccccc3)[C@@H]2OCc2ccccc2)O[C@H](COCc2ccccc2)[C@H](OCc2ccccc2)[C@@H]1OCc1ccccc1. The average molecular weight is 998 g/mol. The highest BCUT2D eigenvalue weighted by molar-refractivity contribution is 5.19. The van der Waals surface area contributed by atoms with Crippen molar-refractivity contribution in [3.8, 4) is 0 Å². The summed E-state index contributed by atoms with van der Waals surface area (Å²) in [5, 5.41) is 4.35. The number of benzene rings is 7. The van der Waals surface area contributed by atoms with Crippen LogP contribution in [0.3, 0.4) is 0 Å². The van der Waals surface area contributed by atoms with Crippen LogP contribution in [0, 0.1) is 0 Å². The van der Waals surface area contributed by atoms with E-state index in [0.717, 1.165) is 38.9 Å². The van der Waals surface area contributed by atoms with Crippen molar-refractivity contribution in [1.82, 2.24) is 0 Å². The largest absolute Gasteiger partial charge is 0.374 e. The number of rotatable bonds is 26. The molecule has 382 valence electrons. The van der Waals surface area contributed by atoms with Gasteiger partial charge in [0.15, 0.2) is 12.6 Å². The Morgan fingerprint density at radius 2 is 0.635 bits per heavy atom. The number of nitrogens with zero attached hydrogens (tertiary/aromatic N) is 3. The van der Waals surface area contributed by atoms with Crippen molar-refractivity contribution >= 4 is 0 Å². The molecule has 13 heteroatoms. The minimum Gasteiger partial charge on any atom is -0.374 e. The van der Waals surface area contributed by atoms with Crippen LogP contribution in [0.2, 0.25) is 0 Å². The molecular weight excluding hydrogens is 935 g/mol. The van der Waals surface area contributed by atoms with Gasteiger partial charge in [-0.25, -0.2) is 0 Å². The van der Waals surface area contributed by atoms with Gasteiger partial charge >= 0.3 is 0 Å². The molecule has 2 aliphatic rings. The van der Waals surface area contributed by atoms with E-state index < -0.39 is 61.3 Å². The van der Waals surface area contributed by atoms with Crippen molar-refractivity contribution in [2.24, 2.45) is 5.11 Å². The second-order valence-corrected chi connectivity index (χ2v) is 18.2. The van der Waals surface area contributed by atoms with Crippen molar-refractivity contribution in [2.45, 2.75) is 108 Å². The molecule has 0 aliphatic carbocycles. The molecule has 0 amide bonds. The monoisotopic (exact) mass is 997 g/mol. The Morgan fingerprint density at radius 1 is 0.324 bits per heavy atom. The summed E-state index contributed by atoms with van der Waals surface area (Å²) in [5.74, 6) is 0. The number of ether oxygens (including phenoxy) is 10. The van der Waals surface area contributed by atoms with Crippen LogP contribution >= 0.6 is 0 Å². The fourth-order valence-electron chi connectivity index (χ4n) is 9.10. The molecule has 13 nitrogen and oxygen atoms in total. The molecule has 0 radical (unpaired) electrons. The number of azide groups is 1. The molecule has 2 saturated heterocycles. The highest BCUT2D eigenvalue weighted by Crippen LogP contribution is 2.35. The van der Waals surface area contributed by atoms with Gasteiger partial charge in [0, 0.05) is 4.91 Å². The first kappa shape index (κ1) is 52.3. The molecule has 0 bridgehead atoms. The van der Waals surface area contributed by atoms with Crippen LogP contribution in [0.5, 0.6) is 0 Å². The lowest BCUT2D eigenvalue weighted by Crippen LogP contribution is -2.63. The summed E-state index contributed by atoms with van der Waals surface area (Å²) in [5.41, 5.74) is 17.0. The minimum atomic E-state index is -1.16. The van der Waals surface area contributed by atoms with Gasteiger partial charge < -0.3 is 47.4 Å². The fraction of sp³-hybridized carbons (Fsp3) is 0.311. The Kier molecular flexibility index (Phi) is 19.9. The van der Waals surface area contributed by atoms with Gasteiger partial charge in [0.1, 0.15) is 48.8 Å². The first-order valence-electron chi connectivity index (χ1n) is 25.2. The first-order chi connectivity index (χ1) is 36.7. The molecular formula is C61H63N3O10. The standard InChI is InChI=1S/C61H63N3O10/c62-64-63-54-57(68-39-48-28-14-4-15-29-48)55(66-37-46-24-10-2-11-25-46)52(43-65-36-45-22-8-1-9-23-45)73-60(54)72-44-53-56(67-38-47-26-12-3-13-27-47)58(69-40-49-30-16-5-17-31-49)59(70-41-50-32-18-6-19-33-50)61(74-53)71-42-51-34-20-7-21-35-51/h1-35,52-61H,36-44H2/t52-,53-,54-,55+,56-,57-,58+,59-,60-,61-/m1/s1. The predicted octanol–water partition coefficient (Wildman–Crippen LogP) is 11.5. The van der Waals surface area contributed by atoms with Gasteiger partial charge in [0.05, 0.1) is 59.5 Å². The lowest BCUT2D eigenvalue weighted by atomic mass is 9.96. The molecule has 7 aromatic carbocycles. The zero-order chi connectivity index (χ0) is 50.4. The number of hydrogen-bond acceptors (Lipinski definition) is 11. The Bertz CT molecular complexity index is 2690. The number of hydrogen-bond donors (Lipinski definition) is 0. The van der Waals surface area contributed by atoms with E-state index in [1.54, 1.807) is 0 Å². The van der Waals surface area contributed by atoms with Crippen molar-refractivity contribution in [3.05, 3.63) is 262 Å². The second-order valence-electron chi connectivity index (χ2n) is 18.2. The Morgan fingerprint density at radius 3 is 1.04 bits per heavy atom. The molecule has 2 heterocycles. The molecule has 74 heavy (non-hydrogen) atoms. The summed E-state index contributed by atoms with van der Waals surface area (Å²) in [6, 6.07) is 68.4. The maximum atomic E-state index is 10.3. The van der Waals surface area contributed by atoms with Gasteiger partial charge in [-0.15, -0.1) is 0 Å². The third-order valence-electron chi connectivity index (χ3n) is 12.9. The van der Waals surface area contributed by atoms with E-state index in [-0.39, 0.29) is 52.9 Å². The Hall–Kier alpha value is -6.55. The van der Waals surface area contributed by atoms with E-state index >= 15 is 0 Å². The fourth-order valence-corrected chi connectivity index (χ4v) is 9.10. The van der Waals surface area contributed by atoms with Gasteiger partial charge in [0.25, 0.3) is 0 Å². The van der Waals surface area contributed by atoms with Crippen LogP contribution in [0.1, 0.15) is 38.9 Å². The van der Waals surface area contributed by atoms with E-state index in [2.05, 4.69) is 10.0 Å². The molecule has 0 N–H and O–H groups in total. The van der Waals surface area contributed by atoms with Crippen LogP contribution in [0.4, 0.5) is 0 Å². The predicted molar refractivity (Wildman–Crippen MR) is 279 cm³/mol. The molecule has 9 rings (SSSR count). The third-order valence-corrected chi connectivity index (χ3v) is 12.9. The van der Waals surface area contributed by atoms with E-state index in [4.69, 9.17) is 47.4 Å². The Labute approximate surface area is 433 Å². The average Bonchev–Trinajstić information content (AvgIpc) is 3.46. The third kappa shape index (κ3) is 15.3. The summed E-state index contributed by atoms with van der Waals surface area (Å²) in [7, 11) is 0. The maximum absolute atomic E-state index is 10.3. The Balaban J connectivity index is 1.05. The topological polar surface area (TPSA) is 141 Å². The molecule has 2 fully saturated rings. The summed E-state index contributed by atoms with van der Waals surface area (Å²) >= 11 is 0. The van der Waals surface area contributed by atoms with Crippen LogP contribution in [-0.2, 0) is 93.6 Å². The van der Waals surface area contributed by atoms with Gasteiger partial charge in [-0.1, -0.05) is 217 Å². The van der Waals surface area contributed by atoms with Crippen molar-refractivity contribution < 1.29 is 47.4 Å². The van der Waals surface area contributed by atoms with Gasteiger partial charge in [-0.2, -0.15) is 0 Å². The van der Waals surface area contributed by atoms with Crippen LogP contribution in [-0.4, -0.2) is 74.6 Å². The van der Waals surface area contributed by atoms with Gasteiger partial charge in [-0.05, 0) is 44.5 Å². The highest BCUT2D eigenvalue weighted by Gasteiger charge is 2.52. The molecule has 0 spiro atoms. The summed E-state index contributed by atoms with van der Waals surface area (Å²) in [6.07, 6.45) is -7.61. The highest BCUT2D eigenvalue weighted by atomic mass is 16.7. The summed E-state index contributed by atoms with van der Waals surface area (Å²) in [4.78, 5) is 3.34. The lowest BCUT2D eigenvalue weighted by molar-refractivity contribution is -0.342. The van der Waals surface area contributed by atoms with Crippen LogP contribution < -0.4 is 0 Å². The lowest BCUT2D eigenvalue weighted by Gasteiger charge is -2.47. The summed E-state index contributed by atoms with van der Waals surface area (Å²) in [6.45, 7) is 1.73. The van der Waals surface area contributed by atoms with Crippen molar-refractivity contribution in [3.63, 3.8) is 0 Å². The molecule has 0 aromatic heterocycles. The normalized spacial score (nSPS) is 23.7. The van der Waals surface area contributed by atoms with E-state index in [9.17, 15) is 5.53 Å². The quantitative estimate of drug-likeness (QED) is 0.0292. The molecule has 0 saturated carbocycles. The smallest absolute Gasteiger partial charge is 0.187 e. The second kappa shape index (κ2) is 28.2. The molecule has 7 aromatic rings. The zero-order valence-corrected chi connectivity index (χ0v) is 41.3. The summed E-state index contributed by atoms with van der Waals surface area (Å²) < 4.78 is 68.3. The maximum Gasteiger partial charge on any atom is 0.187 e. The molecule has 10 atom stereocenters. The van der Waals surface area contributed by atoms with E-state index in [1.807, 2.05) is 212 Å². The first-order valence-corrected chi connectivity index (χ1v) is 25.2.